The highest BCUT2D eigenvalue weighted by Gasteiger charge is 2.28. The molecular weight excluding hydrogens is 352 g/mol. The number of nitrogens with zero attached hydrogens (tertiary/aromatic N) is 4. The summed E-state index contributed by atoms with van der Waals surface area (Å²) >= 11 is 0. The van der Waals surface area contributed by atoms with Gasteiger partial charge in [0.05, 0.1) is 19.8 Å². The molecule has 0 spiro atoms. The topological polar surface area (TPSA) is 61.6 Å². The third kappa shape index (κ3) is 3.63. The molecule has 0 saturated carbocycles. The molecule has 0 unspecified atom stereocenters. The highest BCUT2D eigenvalue weighted by atomic mass is 16.5. The molecule has 1 aromatic carbocycles. The quantitative estimate of drug-likeness (QED) is 0.815. The lowest BCUT2D eigenvalue weighted by Crippen LogP contribution is -2.46. The van der Waals surface area contributed by atoms with Crippen molar-refractivity contribution >= 4 is 5.82 Å². The third-order valence-electron chi connectivity index (χ3n) is 5.93. The average Bonchev–Trinajstić information content (AvgIpc) is 2.78. The van der Waals surface area contributed by atoms with Crippen LogP contribution in [-0.2, 0) is 13.0 Å². The third-order valence-corrected chi connectivity index (χ3v) is 5.93. The normalized spacial score (nSPS) is 17.7. The van der Waals surface area contributed by atoms with Crippen LogP contribution in [0.2, 0.25) is 0 Å². The van der Waals surface area contributed by atoms with Crippen LogP contribution in [0.1, 0.15) is 29.5 Å². The van der Waals surface area contributed by atoms with Gasteiger partial charge in [-0.3, -0.25) is 4.90 Å². The monoisotopic (exact) mass is 378 g/mol. The molecule has 6 heteroatoms. The first kappa shape index (κ1) is 18.6. The van der Waals surface area contributed by atoms with E-state index in [-0.39, 0.29) is 0 Å². The lowest BCUT2D eigenvalue weighted by Gasteiger charge is -2.41. The van der Waals surface area contributed by atoms with Crippen molar-refractivity contribution in [3.63, 3.8) is 0 Å². The fourth-order valence-electron chi connectivity index (χ4n) is 4.32. The largest absolute Gasteiger partial charge is 0.493 e. The summed E-state index contributed by atoms with van der Waals surface area (Å²) in [7, 11) is 3.38. The molecule has 0 N–H and O–H groups in total. The molecule has 6 nitrogen and oxygen atoms in total. The van der Waals surface area contributed by atoms with Crippen LogP contribution in [0.3, 0.4) is 0 Å². The van der Waals surface area contributed by atoms with Crippen molar-refractivity contribution in [2.75, 3.05) is 38.8 Å². The Balaban J connectivity index is 1.40. The Morgan fingerprint density at radius 2 is 1.75 bits per heavy atom. The van der Waals surface area contributed by atoms with Gasteiger partial charge in [0.25, 0.3) is 0 Å². The van der Waals surface area contributed by atoms with Gasteiger partial charge in [-0.1, -0.05) is 0 Å². The van der Waals surface area contributed by atoms with Crippen molar-refractivity contribution < 1.29 is 9.47 Å². The molecule has 0 bridgehead atoms. The zero-order valence-electron chi connectivity index (χ0n) is 16.5. The van der Waals surface area contributed by atoms with Crippen molar-refractivity contribution in [2.45, 2.75) is 31.8 Å². The number of rotatable bonds is 4. The number of ether oxygens (including phenoxy) is 2. The zero-order chi connectivity index (χ0) is 19.5. The summed E-state index contributed by atoms with van der Waals surface area (Å²) in [6, 6.07) is 10.8. The number of nitriles is 1. The molecule has 146 valence electrons. The van der Waals surface area contributed by atoms with Gasteiger partial charge < -0.3 is 14.4 Å². The first-order chi connectivity index (χ1) is 13.7. The second kappa shape index (κ2) is 8.07. The van der Waals surface area contributed by atoms with Gasteiger partial charge in [-0.25, -0.2) is 4.98 Å². The lowest BCUT2D eigenvalue weighted by atomic mass is 9.95. The molecule has 2 aromatic rings. The zero-order valence-corrected chi connectivity index (χ0v) is 16.5. The number of hydrogen-bond acceptors (Lipinski definition) is 6. The molecule has 28 heavy (non-hydrogen) atoms. The first-order valence-electron chi connectivity index (χ1n) is 9.80. The number of anilines is 1. The van der Waals surface area contributed by atoms with Gasteiger partial charge in [0.15, 0.2) is 11.5 Å². The Bertz CT molecular complexity index is 867. The van der Waals surface area contributed by atoms with Gasteiger partial charge in [0.2, 0.25) is 0 Å². The number of hydrogen-bond donors (Lipinski definition) is 0. The molecule has 1 fully saturated rings. The second-order valence-electron chi connectivity index (χ2n) is 7.43. The predicted octanol–water partition coefficient (Wildman–Crippen LogP) is 3.00. The van der Waals surface area contributed by atoms with Crippen LogP contribution in [0.15, 0.2) is 30.5 Å². The molecule has 3 heterocycles. The summed E-state index contributed by atoms with van der Waals surface area (Å²) in [6.45, 7) is 4.05. The Morgan fingerprint density at radius 3 is 2.36 bits per heavy atom. The number of piperidine rings is 1. The van der Waals surface area contributed by atoms with E-state index in [9.17, 15) is 0 Å². The van der Waals surface area contributed by atoms with Gasteiger partial charge in [-0.15, -0.1) is 0 Å². The lowest BCUT2D eigenvalue weighted by molar-refractivity contribution is 0.152. The Labute approximate surface area is 166 Å². The van der Waals surface area contributed by atoms with Crippen LogP contribution in [-0.4, -0.2) is 49.8 Å². The summed E-state index contributed by atoms with van der Waals surface area (Å²) in [5.74, 6) is 2.60. The van der Waals surface area contributed by atoms with Gasteiger partial charge in [-0.05, 0) is 54.7 Å². The fourth-order valence-corrected chi connectivity index (χ4v) is 4.32. The number of benzene rings is 1. The van der Waals surface area contributed by atoms with Gasteiger partial charge in [0.1, 0.15) is 11.9 Å². The Morgan fingerprint density at radius 1 is 1.04 bits per heavy atom. The maximum absolute atomic E-state index is 8.93. The van der Waals surface area contributed by atoms with E-state index in [1.807, 2.05) is 12.1 Å². The van der Waals surface area contributed by atoms with Crippen LogP contribution in [0.5, 0.6) is 11.5 Å². The van der Waals surface area contributed by atoms with E-state index in [2.05, 4.69) is 33.0 Å². The number of aromatic nitrogens is 1. The highest BCUT2D eigenvalue weighted by molar-refractivity contribution is 5.48. The van der Waals surface area contributed by atoms with Crippen molar-refractivity contribution in [1.29, 1.82) is 5.26 Å². The number of pyridine rings is 1. The molecular formula is C22H26N4O2. The van der Waals surface area contributed by atoms with Crippen molar-refractivity contribution in [2.24, 2.45) is 0 Å². The number of fused-ring (bicyclic) bond motifs is 1. The average molecular weight is 378 g/mol. The molecule has 0 atom stereocenters. The highest BCUT2D eigenvalue weighted by Crippen LogP contribution is 2.34. The summed E-state index contributed by atoms with van der Waals surface area (Å²) in [6.07, 6.45) is 4.96. The van der Waals surface area contributed by atoms with Crippen molar-refractivity contribution in [1.82, 2.24) is 9.88 Å². The van der Waals surface area contributed by atoms with Gasteiger partial charge in [0, 0.05) is 38.4 Å². The Hall–Kier alpha value is -2.78. The summed E-state index contributed by atoms with van der Waals surface area (Å²) in [5, 5.41) is 8.93. The molecule has 2 aliphatic rings. The van der Waals surface area contributed by atoms with Crippen LogP contribution >= 0.6 is 0 Å². The van der Waals surface area contributed by atoms with Gasteiger partial charge in [-0.2, -0.15) is 5.26 Å². The molecule has 1 saturated heterocycles. The molecule has 0 radical (unpaired) electrons. The SMILES string of the molecule is COc1cc2c(cc1OC)CN(C1CCN(c3ccc(C#N)cn3)CC1)CC2. The van der Waals surface area contributed by atoms with Crippen LogP contribution in [0.25, 0.3) is 0 Å². The molecule has 1 aromatic heterocycles. The van der Waals surface area contributed by atoms with Crippen molar-refractivity contribution in [3.8, 4) is 17.6 Å². The van der Waals surface area contributed by atoms with Crippen molar-refractivity contribution in [3.05, 3.63) is 47.2 Å². The maximum atomic E-state index is 8.93. The van der Waals surface area contributed by atoms with E-state index in [0.29, 0.717) is 11.6 Å². The maximum Gasteiger partial charge on any atom is 0.161 e. The fraction of sp³-hybridized carbons (Fsp3) is 0.455. The van der Waals surface area contributed by atoms with Crippen LogP contribution in [0, 0.1) is 11.3 Å². The molecule has 0 amide bonds. The van der Waals surface area contributed by atoms with E-state index < -0.39 is 0 Å². The molecule has 2 aliphatic heterocycles. The van der Waals surface area contributed by atoms with Gasteiger partial charge >= 0.3 is 0 Å². The summed E-state index contributed by atoms with van der Waals surface area (Å²) in [4.78, 5) is 9.37. The van der Waals surface area contributed by atoms with E-state index in [0.717, 1.165) is 62.8 Å². The first-order valence-corrected chi connectivity index (χ1v) is 9.80. The van der Waals surface area contributed by atoms with Crippen LogP contribution in [0.4, 0.5) is 5.82 Å². The van der Waals surface area contributed by atoms with Crippen LogP contribution < -0.4 is 14.4 Å². The van der Waals surface area contributed by atoms with E-state index in [1.54, 1.807) is 20.4 Å². The summed E-state index contributed by atoms with van der Waals surface area (Å²) < 4.78 is 10.9. The molecule has 4 rings (SSSR count). The minimum absolute atomic E-state index is 0.593. The molecule has 0 aliphatic carbocycles. The smallest absolute Gasteiger partial charge is 0.161 e. The van der Waals surface area contributed by atoms with E-state index in [4.69, 9.17) is 14.7 Å². The standard InChI is InChI=1S/C22H26N4O2/c1-27-20-11-17-5-8-26(15-18(17)12-21(20)28-2)19-6-9-25(10-7-19)22-4-3-16(13-23)14-24-22/h3-4,11-12,14,19H,5-10,15H2,1-2H3. The minimum Gasteiger partial charge on any atom is -0.493 e. The number of methoxy groups -OCH3 is 2. The summed E-state index contributed by atoms with van der Waals surface area (Å²) in [5.41, 5.74) is 3.32. The minimum atomic E-state index is 0.593. The Kier molecular flexibility index (Phi) is 5.36. The second-order valence-corrected chi connectivity index (χ2v) is 7.43. The van der Waals surface area contributed by atoms with E-state index >= 15 is 0 Å². The van der Waals surface area contributed by atoms with E-state index in [1.165, 1.54) is 11.1 Å². The predicted molar refractivity (Wildman–Crippen MR) is 108 cm³/mol.